The van der Waals surface area contributed by atoms with Crippen LogP contribution in [0.25, 0.3) is 0 Å². The van der Waals surface area contributed by atoms with Crippen molar-refractivity contribution >= 4 is 10.2 Å². The topological polar surface area (TPSA) is 3.24 Å². The summed E-state index contributed by atoms with van der Waals surface area (Å²) in [5.74, 6) is 1.45. The van der Waals surface area contributed by atoms with Crippen LogP contribution in [-0.4, -0.2) is 35.2 Å². The van der Waals surface area contributed by atoms with Crippen LogP contribution < -0.4 is 0 Å². The molecule has 1 aliphatic heterocycles. The first-order chi connectivity index (χ1) is 5.54. The molecule has 0 aromatic heterocycles. The molecule has 1 rings (SSSR count). The van der Waals surface area contributed by atoms with Crippen LogP contribution in [0.2, 0.25) is 0 Å². The lowest BCUT2D eigenvalue weighted by Gasteiger charge is -2.39. The average molecular weight is 187 g/mol. The zero-order chi connectivity index (χ0) is 9.78. The zero-order valence-electron chi connectivity index (χ0n) is 8.71. The number of nitrogens with zero attached hydrogens (tertiary/aromatic N) is 1. The van der Waals surface area contributed by atoms with Crippen molar-refractivity contribution in [2.75, 3.05) is 24.8 Å². The first-order valence-corrected chi connectivity index (χ1v) is 6.93. The Labute approximate surface area is 79.0 Å². The lowest BCUT2D eigenvalue weighted by molar-refractivity contribution is 0.409. The van der Waals surface area contributed by atoms with E-state index in [1.165, 1.54) is 18.7 Å². The van der Waals surface area contributed by atoms with Crippen molar-refractivity contribution in [3.05, 3.63) is 0 Å². The average Bonchev–Trinajstić information content (AvgIpc) is 2.33. The number of terminal acetylenes is 1. The van der Waals surface area contributed by atoms with Crippen LogP contribution >= 0.6 is 10.2 Å². The Kier molecular flexibility index (Phi) is 4.74. The van der Waals surface area contributed by atoms with Gasteiger partial charge < -0.3 is 0 Å². The third kappa shape index (κ3) is 2.73. The highest BCUT2D eigenvalue weighted by Crippen LogP contribution is 2.50. The third-order valence-electron chi connectivity index (χ3n) is 2.23. The number of rotatable bonds is 1. The van der Waals surface area contributed by atoms with E-state index in [1.807, 2.05) is 0 Å². The van der Waals surface area contributed by atoms with Gasteiger partial charge in [-0.05, 0) is 38.5 Å². The van der Waals surface area contributed by atoms with E-state index in [0.29, 0.717) is 0 Å². The van der Waals surface area contributed by atoms with Gasteiger partial charge in [0.2, 0.25) is 0 Å². The van der Waals surface area contributed by atoms with E-state index in [1.54, 1.807) is 0 Å². The Balaban J connectivity index is 0.000000561. The molecule has 0 amide bonds. The van der Waals surface area contributed by atoms with Crippen molar-refractivity contribution in [3.8, 4) is 12.8 Å². The standard InChI is InChI=1S/C8H19NS.C2H2/c1-8(2)9-6-5-7-10(9,3)4;1-2/h8H,5-7H2,1-4H3;1-2H. The Morgan fingerprint density at radius 1 is 1.25 bits per heavy atom. The van der Waals surface area contributed by atoms with Crippen LogP contribution in [-0.2, 0) is 0 Å². The fraction of sp³-hybridized carbons (Fsp3) is 0.800. The molecule has 1 nitrogen and oxygen atoms in total. The van der Waals surface area contributed by atoms with Crippen LogP contribution in [0.3, 0.4) is 0 Å². The van der Waals surface area contributed by atoms with Gasteiger partial charge in [0, 0.05) is 12.6 Å². The van der Waals surface area contributed by atoms with Crippen LogP contribution in [0.15, 0.2) is 0 Å². The number of hydrogen-bond acceptors (Lipinski definition) is 1. The van der Waals surface area contributed by atoms with Crippen LogP contribution in [0.4, 0.5) is 0 Å². The highest BCUT2D eigenvalue weighted by atomic mass is 32.3. The molecule has 0 aliphatic carbocycles. The Hall–Kier alpha value is -0.130. The molecule has 0 unspecified atom stereocenters. The lowest BCUT2D eigenvalue weighted by Crippen LogP contribution is -2.28. The van der Waals surface area contributed by atoms with Gasteiger partial charge in [-0.15, -0.1) is 12.8 Å². The molecule has 1 saturated heterocycles. The predicted octanol–water partition coefficient (Wildman–Crippen LogP) is 2.33. The van der Waals surface area contributed by atoms with Crippen molar-refractivity contribution in [2.24, 2.45) is 0 Å². The monoisotopic (exact) mass is 187 g/mol. The molecule has 0 spiro atoms. The summed E-state index contributed by atoms with van der Waals surface area (Å²) in [4.78, 5) is 0. The van der Waals surface area contributed by atoms with Crippen LogP contribution in [0, 0.1) is 12.8 Å². The molecule has 1 heterocycles. The zero-order valence-corrected chi connectivity index (χ0v) is 9.53. The smallest absolute Gasteiger partial charge is 0.0130 e. The van der Waals surface area contributed by atoms with Gasteiger partial charge in [-0.25, -0.2) is 0 Å². The quantitative estimate of drug-likeness (QED) is 0.570. The van der Waals surface area contributed by atoms with Crippen molar-refractivity contribution < 1.29 is 0 Å². The molecule has 0 aromatic carbocycles. The summed E-state index contributed by atoms with van der Waals surface area (Å²) in [6, 6.07) is 0.757. The largest absolute Gasteiger partial charge is 0.265 e. The summed E-state index contributed by atoms with van der Waals surface area (Å²) in [7, 11) is -0.353. The normalized spacial score (nSPS) is 24.6. The van der Waals surface area contributed by atoms with Gasteiger partial charge in [0.05, 0.1) is 0 Å². The van der Waals surface area contributed by atoms with Crippen molar-refractivity contribution in [3.63, 3.8) is 0 Å². The second-order valence-electron chi connectivity index (χ2n) is 3.77. The maximum Gasteiger partial charge on any atom is 0.0130 e. The van der Waals surface area contributed by atoms with Crippen molar-refractivity contribution in [1.82, 2.24) is 4.31 Å². The maximum atomic E-state index is 4.00. The summed E-state index contributed by atoms with van der Waals surface area (Å²) < 4.78 is 2.67. The van der Waals surface area contributed by atoms with Gasteiger partial charge in [0.25, 0.3) is 0 Å². The molecule has 0 bridgehead atoms. The van der Waals surface area contributed by atoms with Crippen molar-refractivity contribution in [2.45, 2.75) is 26.3 Å². The predicted molar refractivity (Wildman–Crippen MR) is 60.7 cm³/mol. The van der Waals surface area contributed by atoms with Gasteiger partial charge in [-0.3, -0.25) is 4.31 Å². The molecule has 0 aromatic rings. The summed E-state index contributed by atoms with van der Waals surface area (Å²) in [5, 5.41) is 0. The highest BCUT2D eigenvalue weighted by Gasteiger charge is 2.28. The van der Waals surface area contributed by atoms with Gasteiger partial charge in [0.1, 0.15) is 0 Å². The van der Waals surface area contributed by atoms with Crippen LogP contribution in [0.5, 0.6) is 0 Å². The second kappa shape index (κ2) is 4.79. The second-order valence-corrected chi connectivity index (χ2v) is 7.61. The SMILES string of the molecule is C#C.CC(C)N1CCCS1(C)C. The highest BCUT2D eigenvalue weighted by molar-refractivity contribution is 8.30. The summed E-state index contributed by atoms with van der Waals surface area (Å²) in [6.07, 6.45) is 14.3. The molecule has 2 heteroatoms. The van der Waals surface area contributed by atoms with E-state index in [4.69, 9.17) is 0 Å². The fourth-order valence-electron chi connectivity index (χ4n) is 1.77. The van der Waals surface area contributed by atoms with Gasteiger partial charge in [-0.1, -0.05) is 0 Å². The molecule has 0 atom stereocenters. The van der Waals surface area contributed by atoms with Crippen LogP contribution in [0.1, 0.15) is 20.3 Å². The van der Waals surface area contributed by atoms with Gasteiger partial charge >= 0.3 is 0 Å². The molecule has 0 saturated carbocycles. The fourth-order valence-corrected chi connectivity index (χ4v) is 4.60. The molecule has 0 radical (unpaired) electrons. The number of hydrogen-bond donors (Lipinski definition) is 0. The molecule has 0 N–H and O–H groups in total. The van der Waals surface area contributed by atoms with E-state index in [-0.39, 0.29) is 10.2 Å². The minimum atomic E-state index is -0.353. The minimum absolute atomic E-state index is 0.353. The minimum Gasteiger partial charge on any atom is -0.265 e. The van der Waals surface area contributed by atoms with E-state index >= 15 is 0 Å². The summed E-state index contributed by atoms with van der Waals surface area (Å²) >= 11 is 0. The van der Waals surface area contributed by atoms with Crippen molar-refractivity contribution in [1.29, 1.82) is 0 Å². The third-order valence-corrected chi connectivity index (χ3v) is 5.39. The van der Waals surface area contributed by atoms with Gasteiger partial charge in [-0.2, -0.15) is 10.2 Å². The molecular formula is C10H21NS. The molecule has 72 valence electrons. The van der Waals surface area contributed by atoms with Gasteiger partial charge in [0.15, 0.2) is 0 Å². The lowest BCUT2D eigenvalue weighted by atomic mass is 10.4. The Morgan fingerprint density at radius 2 is 1.75 bits per heavy atom. The van der Waals surface area contributed by atoms with E-state index in [0.717, 1.165) is 6.04 Å². The first-order valence-electron chi connectivity index (χ1n) is 4.35. The summed E-state index contributed by atoms with van der Waals surface area (Å²) in [6.45, 7) is 5.94. The summed E-state index contributed by atoms with van der Waals surface area (Å²) in [5.41, 5.74) is 0. The molecule has 12 heavy (non-hydrogen) atoms. The van der Waals surface area contributed by atoms with E-state index in [2.05, 4.69) is 43.5 Å². The Bertz CT molecular complexity index is 149. The first kappa shape index (κ1) is 11.9. The Morgan fingerprint density at radius 3 is 1.92 bits per heavy atom. The van der Waals surface area contributed by atoms with E-state index in [9.17, 15) is 0 Å². The molecular weight excluding hydrogens is 166 g/mol. The maximum absolute atomic E-state index is 4.00. The van der Waals surface area contributed by atoms with E-state index < -0.39 is 0 Å². The molecule has 1 fully saturated rings. The molecule has 1 aliphatic rings.